The van der Waals surface area contributed by atoms with E-state index in [0.29, 0.717) is 33.9 Å². The van der Waals surface area contributed by atoms with Gasteiger partial charge in [0.15, 0.2) is 0 Å². The maximum Gasteiger partial charge on any atom is 0.416 e. The highest BCUT2D eigenvalue weighted by molar-refractivity contribution is 5.77. The Morgan fingerprint density at radius 2 is 1.19 bits per heavy atom. The molecule has 37 heavy (non-hydrogen) atoms. The van der Waals surface area contributed by atoms with Crippen molar-refractivity contribution >= 4 is 6.21 Å². The van der Waals surface area contributed by atoms with Crippen LogP contribution in [0.15, 0.2) is 90.1 Å². The van der Waals surface area contributed by atoms with Crippen molar-refractivity contribution in [3.05, 3.63) is 107 Å². The van der Waals surface area contributed by atoms with Gasteiger partial charge in [0, 0.05) is 17.7 Å². The van der Waals surface area contributed by atoms with Crippen LogP contribution >= 0.6 is 0 Å². The van der Waals surface area contributed by atoms with E-state index < -0.39 is 23.5 Å². The van der Waals surface area contributed by atoms with Crippen molar-refractivity contribution in [3.8, 4) is 22.5 Å². The number of aromatic nitrogens is 2. The van der Waals surface area contributed by atoms with E-state index in [4.69, 9.17) is 10.9 Å². The van der Waals surface area contributed by atoms with Crippen molar-refractivity contribution in [3.63, 3.8) is 0 Å². The van der Waals surface area contributed by atoms with E-state index in [1.165, 1.54) is 18.2 Å². The van der Waals surface area contributed by atoms with Crippen LogP contribution in [0.2, 0.25) is 0 Å². The molecule has 2 aromatic carbocycles. The molecule has 0 atom stereocenters. The summed E-state index contributed by atoms with van der Waals surface area (Å²) >= 11 is 0. The molecule has 0 fully saturated rings. The minimum absolute atomic E-state index is 0.257. The first-order valence-corrected chi connectivity index (χ1v) is 10.7. The first-order chi connectivity index (χ1) is 17.5. The number of oxime groups is 1. The number of benzene rings is 2. The zero-order chi connectivity index (χ0) is 27.1. The number of pyridine rings is 2. The van der Waals surface area contributed by atoms with Gasteiger partial charge in [-0.25, -0.2) is 4.98 Å². The molecule has 0 saturated carbocycles. The molecular weight excluding hydrogens is 498 g/mol. The Morgan fingerprint density at radius 1 is 0.703 bits per heavy atom. The summed E-state index contributed by atoms with van der Waals surface area (Å²) in [6, 6.07) is 19.9. The summed E-state index contributed by atoms with van der Waals surface area (Å²) in [4.78, 5) is 8.27. The summed E-state index contributed by atoms with van der Waals surface area (Å²) in [5.41, 5.74) is 6.70. The zero-order valence-corrected chi connectivity index (χ0v) is 19.0. The molecule has 192 valence electrons. The van der Waals surface area contributed by atoms with Crippen molar-refractivity contribution in [1.29, 1.82) is 0 Å². The first-order valence-electron chi connectivity index (χ1n) is 10.7. The molecule has 0 aliphatic carbocycles. The fraction of sp³-hybridized carbons (Fsp3) is 0.115. The number of alkyl halides is 6. The number of halogens is 6. The fourth-order valence-corrected chi connectivity index (χ4v) is 3.21. The molecule has 0 spiro atoms. The van der Waals surface area contributed by atoms with E-state index in [9.17, 15) is 26.3 Å². The molecule has 0 saturated heterocycles. The lowest BCUT2D eigenvalue weighted by atomic mass is 10.1. The van der Waals surface area contributed by atoms with Crippen LogP contribution < -0.4 is 5.73 Å². The Balaban J connectivity index is 0.000000206. The summed E-state index contributed by atoms with van der Waals surface area (Å²) in [5, 5.41) is 11.2. The lowest BCUT2D eigenvalue weighted by Gasteiger charge is -2.09. The highest BCUT2D eigenvalue weighted by Crippen LogP contribution is 2.32. The third kappa shape index (κ3) is 7.61. The molecule has 2 heterocycles. The summed E-state index contributed by atoms with van der Waals surface area (Å²) in [6.07, 6.45) is -7.63. The minimum atomic E-state index is -4.39. The lowest BCUT2D eigenvalue weighted by Crippen LogP contribution is -2.05. The highest BCUT2D eigenvalue weighted by Gasteiger charge is 2.31. The van der Waals surface area contributed by atoms with Gasteiger partial charge in [0.05, 0.1) is 40.1 Å². The molecule has 0 aliphatic rings. The second kappa shape index (κ2) is 11.7. The Kier molecular flexibility index (Phi) is 8.61. The van der Waals surface area contributed by atoms with Crippen LogP contribution in [0.25, 0.3) is 22.5 Å². The first kappa shape index (κ1) is 27.3. The van der Waals surface area contributed by atoms with Crippen molar-refractivity contribution < 1.29 is 31.5 Å². The lowest BCUT2D eigenvalue weighted by molar-refractivity contribution is -0.138. The quantitative estimate of drug-likeness (QED) is 0.135. The maximum atomic E-state index is 12.6. The molecule has 0 bridgehead atoms. The second-order valence-corrected chi connectivity index (χ2v) is 7.57. The molecule has 5 nitrogen and oxygen atoms in total. The zero-order valence-electron chi connectivity index (χ0n) is 19.0. The number of hydrogen-bond donors (Lipinski definition) is 2. The van der Waals surface area contributed by atoms with Crippen LogP contribution in [0.1, 0.15) is 22.5 Å². The summed E-state index contributed by atoms with van der Waals surface area (Å²) in [6.45, 7) is 0.257. The number of nitrogens with two attached hydrogens (primary N) is 1. The number of hydrogen-bond acceptors (Lipinski definition) is 5. The van der Waals surface area contributed by atoms with Crippen molar-refractivity contribution in [2.45, 2.75) is 18.9 Å². The summed E-state index contributed by atoms with van der Waals surface area (Å²) in [5.74, 6) is 0. The molecule has 0 aliphatic heterocycles. The second-order valence-electron chi connectivity index (χ2n) is 7.57. The average molecular weight is 518 g/mol. The Labute approximate surface area is 207 Å². The van der Waals surface area contributed by atoms with Crippen LogP contribution in [0.5, 0.6) is 0 Å². The van der Waals surface area contributed by atoms with Gasteiger partial charge in [-0.15, -0.1) is 0 Å². The standard InChI is InChI=1S/C13H9F3N2O.C13H11F3N2/c14-13(15,16)10-4-1-3-9(7-10)12-6-2-5-11(18-12)8-17-19;14-13(15,16)10-4-1-3-9(7-10)12-6-2-5-11(8-17)18-12/h1-8,19H;1-7H,8,17H2/b17-8+;. The molecule has 0 radical (unpaired) electrons. The monoisotopic (exact) mass is 518 g/mol. The molecule has 2 aromatic heterocycles. The van der Waals surface area contributed by atoms with Crippen LogP contribution in [-0.4, -0.2) is 21.4 Å². The number of rotatable bonds is 4. The largest absolute Gasteiger partial charge is 0.416 e. The average Bonchev–Trinajstić information content (AvgIpc) is 2.89. The highest BCUT2D eigenvalue weighted by atomic mass is 19.4. The molecule has 4 aromatic rings. The van der Waals surface area contributed by atoms with Gasteiger partial charge in [0.25, 0.3) is 0 Å². The van der Waals surface area contributed by atoms with E-state index in [2.05, 4.69) is 15.1 Å². The predicted octanol–water partition coefficient (Wildman–Crippen LogP) is 6.80. The molecule has 0 unspecified atom stereocenters. The molecule has 11 heteroatoms. The van der Waals surface area contributed by atoms with Crippen LogP contribution in [0.4, 0.5) is 26.3 Å². The minimum Gasteiger partial charge on any atom is -0.411 e. The van der Waals surface area contributed by atoms with Gasteiger partial charge in [-0.05, 0) is 48.5 Å². The van der Waals surface area contributed by atoms with Gasteiger partial charge >= 0.3 is 12.4 Å². The Morgan fingerprint density at radius 3 is 1.68 bits per heavy atom. The Bertz CT molecular complexity index is 1370. The predicted molar refractivity (Wildman–Crippen MR) is 127 cm³/mol. The van der Waals surface area contributed by atoms with Gasteiger partial charge in [-0.3, -0.25) is 4.98 Å². The van der Waals surface area contributed by atoms with E-state index >= 15 is 0 Å². The van der Waals surface area contributed by atoms with Crippen LogP contribution in [0, 0.1) is 0 Å². The van der Waals surface area contributed by atoms with E-state index in [-0.39, 0.29) is 6.54 Å². The van der Waals surface area contributed by atoms with Crippen molar-refractivity contribution in [2.75, 3.05) is 0 Å². The van der Waals surface area contributed by atoms with Gasteiger partial charge in [0.1, 0.15) is 0 Å². The van der Waals surface area contributed by atoms with Crippen molar-refractivity contribution in [2.24, 2.45) is 10.9 Å². The summed E-state index contributed by atoms with van der Waals surface area (Å²) < 4.78 is 75.6. The van der Waals surface area contributed by atoms with E-state index in [1.807, 2.05) is 0 Å². The van der Waals surface area contributed by atoms with Crippen LogP contribution in [0.3, 0.4) is 0 Å². The SMILES string of the molecule is NCc1cccc(-c2cccc(C(F)(F)F)c2)n1.O/N=C/c1cccc(-c2cccc(C(F)(F)F)c2)n1. The Hall–Kier alpha value is -4.25. The van der Waals surface area contributed by atoms with Crippen molar-refractivity contribution in [1.82, 2.24) is 9.97 Å². The number of nitrogens with zero attached hydrogens (tertiary/aromatic N) is 3. The topological polar surface area (TPSA) is 84.4 Å². The fourth-order valence-electron chi connectivity index (χ4n) is 3.21. The molecule has 0 amide bonds. The third-order valence-corrected chi connectivity index (χ3v) is 4.95. The third-order valence-electron chi connectivity index (χ3n) is 4.95. The normalized spacial score (nSPS) is 11.8. The van der Waals surface area contributed by atoms with Gasteiger partial charge in [-0.1, -0.05) is 41.6 Å². The van der Waals surface area contributed by atoms with E-state index in [1.54, 1.807) is 42.5 Å². The van der Waals surface area contributed by atoms with Gasteiger partial charge in [0.2, 0.25) is 0 Å². The maximum absolute atomic E-state index is 12.6. The smallest absolute Gasteiger partial charge is 0.411 e. The van der Waals surface area contributed by atoms with E-state index in [0.717, 1.165) is 30.5 Å². The molecule has 3 N–H and O–H groups in total. The summed E-state index contributed by atoms with van der Waals surface area (Å²) in [7, 11) is 0. The van der Waals surface area contributed by atoms with Crippen LogP contribution in [-0.2, 0) is 18.9 Å². The molecule has 4 rings (SSSR count). The van der Waals surface area contributed by atoms with Gasteiger partial charge in [-0.2, -0.15) is 26.3 Å². The molecular formula is C26H20F6N4O. The van der Waals surface area contributed by atoms with Gasteiger partial charge < -0.3 is 10.9 Å².